The topological polar surface area (TPSA) is 132 Å². The summed E-state index contributed by atoms with van der Waals surface area (Å²) >= 11 is 0. The minimum atomic E-state index is -4.78. The van der Waals surface area contributed by atoms with E-state index in [0.717, 1.165) is 57.8 Å². The Morgan fingerprint density at radius 1 is 0.604 bits per heavy atom. The number of carbonyl (C=O) groups is 2. The molecule has 53 heavy (non-hydrogen) atoms. The molecule has 2 unspecified atom stereocenters. The molecule has 0 aromatic heterocycles. The molecule has 0 bridgehead atoms. The SMILES string of the molecule is CCCCC/C=C\C/C=C\C/C=C\CC1OC1CCCC(=O)O[C@H](COC(=O)CCCCCCCCC/C=C\C/C=C\CCCCC)COP(=O)(O)O. The summed E-state index contributed by atoms with van der Waals surface area (Å²) in [7, 11) is -4.78. The zero-order valence-corrected chi connectivity index (χ0v) is 34.0. The van der Waals surface area contributed by atoms with E-state index in [9.17, 15) is 14.2 Å². The number of unbranched alkanes of at least 4 members (excludes halogenated alkanes) is 13. The molecule has 10 heteroatoms. The van der Waals surface area contributed by atoms with Crippen molar-refractivity contribution in [3.63, 3.8) is 0 Å². The smallest absolute Gasteiger partial charge is 0.462 e. The van der Waals surface area contributed by atoms with Gasteiger partial charge in [-0.3, -0.25) is 14.1 Å². The number of ether oxygens (including phenoxy) is 3. The Kier molecular flexibility index (Phi) is 31.5. The van der Waals surface area contributed by atoms with Gasteiger partial charge >= 0.3 is 19.8 Å². The van der Waals surface area contributed by atoms with Gasteiger partial charge in [-0.1, -0.05) is 132 Å². The minimum absolute atomic E-state index is 0.111. The fraction of sp³-hybridized carbons (Fsp3) is 0.721. The normalized spacial score (nSPS) is 16.9. The molecule has 0 spiro atoms. The molecular weight excluding hydrogens is 691 g/mol. The van der Waals surface area contributed by atoms with E-state index in [4.69, 9.17) is 24.0 Å². The van der Waals surface area contributed by atoms with Crippen molar-refractivity contribution in [1.82, 2.24) is 0 Å². The third kappa shape index (κ3) is 34.0. The van der Waals surface area contributed by atoms with Crippen LogP contribution in [0, 0.1) is 0 Å². The zero-order valence-electron chi connectivity index (χ0n) is 33.1. The van der Waals surface area contributed by atoms with Gasteiger partial charge in [-0.25, -0.2) is 4.57 Å². The van der Waals surface area contributed by atoms with Gasteiger partial charge in [0.05, 0.1) is 18.8 Å². The van der Waals surface area contributed by atoms with E-state index in [-0.39, 0.29) is 31.7 Å². The molecule has 304 valence electrons. The van der Waals surface area contributed by atoms with E-state index in [0.29, 0.717) is 19.3 Å². The first kappa shape index (κ1) is 48.7. The summed E-state index contributed by atoms with van der Waals surface area (Å²) in [6.07, 6.45) is 45.3. The van der Waals surface area contributed by atoms with Gasteiger partial charge < -0.3 is 24.0 Å². The van der Waals surface area contributed by atoms with E-state index in [2.05, 4.69) is 79.1 Å². The summed E-state index contributed by atoms with van der Waals surface area (Å²) in [4.78, 5) is 43.0. The fourth-order valence-electron chi connectivity index (χ4n) is 5.72. The van der Waals surface area contributed by atoms with Gasteiger partial charge in [0.15, 0.2) is 6.10 Å². The second-order valence-electron chi connectivity index (χ2n) is 14.0. The van der Waals surface area contributed by atoms with E-state index in [1.807, 2.05) is 0 Å². The maximum absolute atomic E-state index is 12.5. The Labute approximate surface area is 322 Å². The van der Waals surface area contributed by atoms with Gasteiger partial charge in [0.25, 0.3) is 0 Å². The Hall–Kier alpha value is -2.29. The molecule has 0 radical (unpaired) electrons. The first-order valence-electron chi connectivity index (χ1n) is 20.7. The predicted octanol–water partition coefficient (Wildman–Crippen LogP) is 11.5. The third-order valence-corrected chi connectivity index (χ3v) is 9.42. The summed E-state index contributed by atoms with van der Waals surface area (Å²) in [5, 5.41) is 0. The number of epoxide rings is 1. The monoisotopic (exact) mass is 764 g/mol. The number of allylic oxidation sites excluding steroid dienone is 9. The predicted molar refractivity (Wildman–Crippen MR) is 215 cm³/mol. The summed E-state index contributed by atoms with van der Waals surface area (Å²) in [6, 6.07) is 0. The number of phosphoric acid groups is 1. The van der Waals surface area contributed by atoms with Crippen LogP contribution in [-0.4, -0.2) is 53.3 Å². The first-order valence-corrected chi connectivity index (χ1v) is 22.2. The second kappa shape index (κ2) is 34.2. The molecule has 3 atom stereocenters. The van der Waals surface area contributed by atoms with Crippen molar-refractivity contribution in [2.75, 3.05) is 13.2 Å². The summed E-state index contributed by atoms with van der Waals surface area (Å²) in [5.41, 5.74) is 0. The van der Waals surface area contributed by atoms with Crippen molar-refractivity contribution in [3.8, 4) is 0 Å². The Bertz CT molecular complexity index is 1110. The number of hydrogen-bond acceptors (Lipinski definition) is 7. The number of esters is 2. The maximum atomic E-state index is 12.5. The summed E-state index contributed by atoms with van der Waals surface area (Å²) in [6.45, 7) is 3.56. The van der Waals surface area contributed by atoms with Gasteiger partial charge in [0, 0.05) is 12.8 Å². The molecule has 0 amide bonds. The molecule has 1 rings (SSSR count). The van der Waals surface area contributed by atoms with Crippen molar-refractivity contribution >= 4 is 19.8 Å². The number of rotatable bonds is 36. The van der Waals surface area contributed by atoms with Crippen LogP contribution in [-0.2, 0) is 32.9 Å². The van der Waals surface area contributed by atoms with E-state index in [1.165, 1.54) is 64.2 Å². The van der Waals surface area contributed by atoms with Gasteiger partial charge in [0.1, 0.15) is 6.61 Å². The van der Waals surface area contributed by atoms with Gasteiger partial charge in [-0.05, 0) is 83.5 Å². The lowest BCUT2D eigenvalue weighted by Crippen LogP contribution is -2.29. The molecule has 0 aliphatic carbocycles. The molecule has 1 aliphatic heterocycles. The molecule has 1 saturated heterocycles. The zero-order chi connectivity index (χ0) is 38.7. The molecular formula is C43H73O9P. The van der Waals surface area contributed by atoms with Crippen LogP contribution in [0.25, 0.3) is 0 Å². The number of hydrogen-bond donors (Lipinski definition) is 2. The molecule has 0 aromatic rings. The average Bonchev–Trinajstić information content (AvgIpc) is 3.88. The lowest BCUT2D eigenvalue weighted by molar-refractivity contribution is -0.161. The first-order chi connectivity index (χ1) is 25.7. The third-order valence-electron chi connectivity index (χ3n) is 8.93. The molecule has 9 nitrogen and oxygen atoms in total. The molecule has 2 N–H and O–H groups in total. The van der Waals surface area contributed by atoms with E-state index in [1.54, 1.807) is 0 Å². The van der Waals surface area contributed by atoms with Crippen LogP contribution in [0.4, 0.5) is 0 Å². The van der Waals surface area contributed by atoms with Crippen LogP contribution in [0.15, 0.2) is 60.8 Å². The Morgan fingerprint density at radius 3 is 1.66 bits per heavy atom. The van der Waals surface area contributed by atoms with Crippen LogP contribution in [0.2, 0.25) is 0 Å². The minimum Gasteiger partial charge on any atom is -0.462 e. The number of carbonyl (C=O) groups excluding carboxylic acids is 2. The Morgan fingerprint density at radius 2 is 1.09 bits per heavy atom. The lowest BCUT2D eigenvalue weighted by atomic mass is 10.1. The van der Waals surface area contributed by atoms with Crippen molar-refractivity contribution in [2.45, 2.75) is 186 Å². The van der Waals surface area contributed by atoms with Gasteiger partial charge in [-0.2, -0.15) is 0 Å². The molecule has 1 heterocycles. The fourth-order valence-corrected chi connectivity index (χ4v) is 6.08. The summed E-state index contributed by atoms with van der Waals surface area (Å²) in [5.74, 6) is -0.974. The summed E-state index contributed by atoms with van der Waals surface area (Å²) < 4.78 is 32.1. The number of phosphoric ester groups is 1. The van der Waals surface area contributed by atoms with Gasteiger partial charge in [-0.15, -0.1) is 0 Å². The van der Waals surface area contributed by atoms with E-state index >= 15 is 0 Å². The highest BCUT2D eigenvalue weighted by molar-refractivity contribution is 7.46. The van der Waals surface area contributed by atoms with Crippen LogP contribution in [0.1, 0.15) is 168 Å². The van der Waals surface area contributed by atoms with Crippen molar-refractivity contribution in [2.24, 2.45) is 0 Å². The molecule has 0 aromatic carbocycles. The van der Waals surface area contributed by atoms with Crippen LogP contribution < -0.4 is 0 Å². The van der Waals surface area contributed by atoms with Crippen LogP contribution >= 0.6 is 7.82 Å². The second-order valence-corrected chi connectivity index (χ2v) is 15.2. The Balaban J connectivity index is 2.13. The van der Waals surface area contributed by atoms with Crippen LogP contribution in [0.3, 0.4) is 0 Å². The largest absolute Gasteiger partial charge is 0.469 e. The highest BCUT2D eigenvalue weighted by atomic mass is 31.2. The lowest BCUT2D eigenvalue weighted by Gasteiger charge is -2.18. The quantitative estimate of drug-likeness (QED) is 0.0210. The molecule has 1 fully saturated rings. The van der Waals surface area contributed by atoms with Crippen molar-refractivity contribution < 1.29 is 42.7 Å². The maximum Gasteiger partial charge on any atom is 0.469 e. The molecule has 0 saturated carbocycles. The average molecular weight is 765 g/mol. The standard InChI is InChI=1S/C43H73O9P/c1-3-5-7-9-11-13-15-17-18-19-20-21-23-25-27-29-31-35-42(44)49-37-39(38-50-53(46,47)48)51-43(45)36-32-34-41-40(52-41)33-30-28-26-24-22-16-14-12-10-8-6-4-2/h11-14,17-18,22,24,28,30,39-41H,3-10,15-16,19-21,23,25-27,29,31-38H2,1-2H3,(H2,46,47,48)/b13-11-,14-12-,18-17-,24-22-,30-28-/t39-,40?,41?/m1/s1. The van der Waals surface area contributed by atoms with Crippen molar-refractivity contribution in [3.05, 3.63) is 60.8 Å². The molecule has 1 aliphatic rings. The van der Waals surface area contributed by atoms with Gasteiger partial charge in [0.2, 0.25) is 0 Å². The van der Waals surface area contributed by atoms with Crippen LogP contribution in [0.5, 0.6) is 0 Å². The van der Waals surface area contributed by atoms with E-state index < -0.39 is 32.5 Å². The van der Waals surface area contributed by atoms with Crippen molar-refractivity contribution in [1.29, 1.82) is 0 Å². The highest BCUT2D eigenvalue weighted by Crippen LogP contribution is 2.36. The highest BCUT2D eigenvalue weighted by Gasteiger charge is 2.36.